The number of carboxylic acid groups (broad SMARTS) is 1. The minimum absolute atomic E-state index is 0.0327. The molecule has 0 aromatic heterocycles. The number of carbonyl (C=O) groups is 2. The van der Waals surface area contributed by atoms with E-state index in [4.69, 9.17) is 5.73 Å². The van der Waals surface area contributed by atoms with Crippen molar-refractivity contribution in [1.29, 1.82) is 0 Å². The first-order valence-electron chi connectivity index (χ1n) is 5.47. The van der Waals surface area contributed by atoms with Crippen molar-refractivity contribution in [1.82, 2.24) is 4.90 Å². The summed E-state index contributed by atoms with van der Waals surface area (Å²) < 4.78 is 0.606. The Bertz CT molecular complexity index is 424. The van der Waals surface area contributed by atoms with Gasteiger partial charge in [-0.1, -0.05) is 11.8 Å². The molecule has 18 heavy (non-hydrogen) atoms. The molecule has 2 aliphatic heterocycles. The summed E-state index contributed by atoms with van der Waals surface area (Å²) in [6.45, 7) is 1.99. The molecule has 100 valence electrons. The van der Waals surface area contributed by atoms with Gasteiger partial charge in [-0.2, -0.15) is 0 Å². The van der Waals surface area contributed by atoms with Gasteiger partial charge in [-0.25, -0.2) is 4.79 Å². The largest absolute Gasteiger partial charge is 0.477 e. The van der Waals surface area contributed by atoms with E-state index in [1.165, 1.54) is 28.4 Å². The van der Waals surface area contributed by atoms with Gasteiger partial charge >= 0.3 is 5.97 Å². The number of aliphatic hydroxyl groups excluding tert-OH is 1. The molecule has 4 N–H and O–H groups in total. The van der Waals surface area contributed by atoms with Crippen LogP contribution in [0, 0.1) is 5.92 Å². The minimum atomic E-state index is -1.11. The highest BCUT2D eigenvalue weighted by Crippen LogP contribution is 2.53. The summed E-state index contributed by atoms with van der Waals surface area (Å²) in [5.41, 5.74) is 5.43. The van der Waals surface area contributed by atoms with E-state index >= 15 is 0 Å². The lowest BCUT2D eigenvalue weighted by molar-refractivity contribution is -0.156. The number of nitrogens with zero attached hydrogens (tertiary/aromatic N) is 1. The van der Waals surface area contributed by atoms with Gasteiger partial charge in [0.05, 0.1) is 16.3 Å². The van der Waals surface area contributed by atoms with Gasteiger partial charge < -0.3 is 15.9 Å². The van der Waals surface area contributed by atoms with Crippen molar-refractivity contribution >= 4 is 35.4 Å². The smallest absolute Gasteiger partial charge is 0.354 e. The molecular formula is C10H14N2O4S2. The number of β-lactam (4-membered cyclic amide) rings is 1. The zero-order valence-electron chi connectivity index (χ0n) is 9.70. The van der Waals surface area contributed by atoms with Gasteiger partial charge in [-0.05, 0) is 6.92 Å². The fourth-order valence-electron chi connectivity index (χ4n) is 2.00. The van der Waals surface area contributed by atoms with Gasteiger partial charge in [-0.15, -0.1) is 11.8 Å². The Morgan fingerprint density at radius 3 is 2.83 bits per heavy atom. The van der Waals surface area contributed by atoms with E-state index < -0.39 is 18.0 Å². The molecule has 0 spiro atoms. The molecule has 8 heteroatoms. The Morgan fingerprint density at radius 1 is 1.67 bits per heavy atom. The molecule has 1 fully saturated rings. The molecule has 1 saturated heterocycles. The zero-order valence-corrected chi connectivity index (χ0v) is 11.3. The van der Waals surface area contributed by atoms with E-state index in [2.05, 4.69) is 0 Å². The second-order valence-corrected chi connectivity index (χ2v) is 6.55. The number of nitrogens with two attached hydrogens (primary N) is 1. The van der Waals surface area contributed by atoms with E-state index in [0.717, 1.165) is 0 Å². The second-order valence-electron chi connectivity index (χ2n) is 4.06. The quantitative estimate of drug-likeness (QED) is 0.605. The molecule has 0 aromatic rings. The first-order chi connectivity index (χ1) is 8.49. The van der Waals surface area contributed by atoms with Crippen molar-refractivity contribution in [2.45, 2.75) is 18.4 Å². The number of carboxylic acids is 1. The highest BCUT2D eigenvalue weighted by molar-refractivity contribution is 8.22. The maximum Gasteiger partial charge on any atom is 0.354 e. The monoisotopic (exact) mass is 290 g/mol. The van der Waals surface area contributed by atoms with Gasteiger partial charge in [0.2, 0.25) is 5.91 Å². The molecule has 0 saturated carbocycles. The fraction of sp³-hybridized carbons (Fsp3) is 0.600. The number of hydrogen-bond acceptors (Lipinski definition) is 6. The molecule has 0 bridgehead atoms. The van der Waals surface area contributed by atoms with Crippen molar-refractivity contribution < 1.29 is 19.8 Å². The van der Waals surface area contributed by atoms with Crippen LogP contribution in [0.1, 0.15) is 6.92 Å². The molecule has 2 rings (SSSR count). The normalized spacial score (nSPS) is 28.2. The first kappa shape index (κ1) is 13.7. The maximum atomic E-state index is 11.8. The number of carbonyl (C=O) groups excluding carboxylic acids is 1. The maximum absolute atomic E-state index is 11.8. The third-order valence-electron chi connectivity index (χ3n) is 2.82. The van der Waals surface area contributed by atoms with Gasteiger partial charge in [0.15, 0.2) is 5.70 Å². The lowest BCUT2D eigenvalue weighted by atomic mass is 9.92. The second kappa shape index (κ2) is 5.12. The SMILES string of the molecule is CC(O)[C@@H]1C(=O)N2C(C(=O)O)=C(SCCN)S[C@H]12. The van der Waals surface area contributed by atoms with E-state index in [0.29, 0.717) is 16.5 Å². The van der Waals surface area contributed by atoms with E-state index in [9.17, 15) is 19.8 Å². The van der Waals surface area contributed by atoms with Gasteiger partial charge in [0, 0.05) is 12.3 Å². The Kier molecular flexibility index (Phi) is 3.90. The van der Waals surface area contributed by atoms with Crippen molar-refractivity contribution in [2.24, 2.45) is 11.7 Å². The summed E-state index contributed by atoms with van der Waals surface area (Å²) in [5, 5.41) is 18.4. The van der Waals surface area contributed by atoms with Crippen LogP contribution >= 0.6 is 23.5 Å². The number of aliphatic hydroxyl groups is 1. The van der Waals surface area contributed by atoms with E-state index in [1.54, 1.807) is 6.92 Å². The summed E-state index contributed by atoms with van der Waals surface area (Å²) in [6.07, 6.45) is -0.764. The van der Waals surface area contributed by atoms with Crippen LogP contribution in [0.4, 0.5) is 0 Å². The van der Waals surface area contributed by atoms with E-state index in [-0.39, 0.29) is 17.0 Å². The van der Waals surface area contributed by atoms with Crippen LogP contribution in [-0.2, 0) is 9.59 Å². The zero-order chi connectivity index (χ0) is 13.4. The Morgan fingerprint density at radius 2 is 2.33 bits per heavy atom. The lowest BCUT2D eigenvalue weighted by Crippen LogP contribution is -2.60. The molecule has 3 atom stereocenters. The molecule has 2 heterocycles. The number of amides is 1. The van der Waals surface area contributed by atoms with Gasteiger partial charge in [0.1, 0.15) is 5.37 Å². The molecule has 0 radical (unpaired) electrons. The third kappa shape index (κ3) is 2.03. The number of fused-ring (bicyclic) bond motifs is 1. The number of rotatable bonds is 5. The fourth-order valence-corrected chi connectivity index (χ4v) is 4.77. The van der Waals surface area contributed by atoms with E-state index in [1.807, 2.05) is 0 Å². The molecule has 1 amide bonds. The summed E-state index contributed by atoms with van der Waals surface area (Å²) >= 11 is 2.67. The number of hydrogen-bond donors (Lipinski definition) is 3. The average molecular weight is 290 g/mol. The predicted octanol–water partition coefficient (Wildman–Crippen LogP) is -0.156. The average Bonchev–Trinajstić information content (AvgIpc) is 2.60. The number of thioether (sulfide) groups is 2. The molecule has 2 aliphatic rings. The van der Waals surface area contributed by atoms with Gasteiger partial charge in [-0.3, -0.25) is 9.69 Å². The summed E-state index contributed by atoms with van der Waals surface area (Å²) in [6, 6.07) is 0. The van der Waals surface area contributed by atoms with Crippen molar-refractivity contribution in [3.05, 3.63) is 9.93 Å². The molecular weight excluding hydrogens is 276 g/mol. The van der Waals surface area contributed by atoms with Crippen LogP contribution in [-0.4, -0.2) is 50.8 Å². The molecule has 6 nitrogen and oxygen atoms in total. The summed E-state index contributed by atoms with van der Waals surface area (Å²) in [7, 11) is 0. The topological polar surface area (TPSA) is 104 Å². The highest BCUT2D eigenvalue weighted by atomic mass is 32.2. The van der Waals surface area contributed by atoms with Crippen molar-refractivity contribution in [2.75, 3.05) is 12.3 Å². The van der Waals surface area contributed by atoms with Crippen LogP contribution in [0.2, 0.25) is 0 Å². The lowest BCUT2D eigenvalue weighted by Gasteiger charge is -2.43. The van der Waals surface area contributed by atoms with Crippen LogP contribution < -0.4 is 5.73 Å². The van der Waals surface area contributed by atoms with Crippen molar-refractivity contribution in [3.8, 4) is 0 Å². The Hall–Kier alpha value is -0.700. The highest BCUT2D eigenvalue weighted by Gasteiger charge is 2.57. The third-order valence-corrected chi connectivity index (χ3v) is 5.51. The standard InChI is InChI=1S/C10H14N2O4S2/c1-4(13)5-7(14)12-6(9(15)16)10(17-3-2-11)18-8(5)12/h4-5,8,13H,2-3,11H2,1H3,(H,15,16)/t4?,5-,8-/m1/s1. The Balaban J connectivity index is 2.21. The Labute approximate surface area is 113 Å². The summed E-state index contributed by atoms with van der Waals surface area (Å²) in [5.74, 6) is -1.33. The van der Waals surface area contributed by atoms with Gasteiger partial charge in [0.25, 0.3) is 0 Å². The molecule has 0 aliphatic carbocycles. The molecule has 1 unspecified atom stereocenters. The van der Waals surface area contributed by atoms with Crippen molar-refractivity contribution in [3.63, 3.8) is 0 Å². The predicted molar refractivity (Wildman–Crippen MR) is 69.6 cm³/mol. The number of aliphatic carboxylic acids is 1. The minimum Gasteiger partial charge on any atom is -0.477 e. The summed E-state index contributed by atoms with van der Waals surface area (Å²) in [4.78, 5) is 24.3. The van der Waals surface area contributed by atoms with Crippen LogP contribution in [0.15, 0.2) is 9.93 Å². The van der Waals surface area contributed by atoms with Crippen LogP contribution in [0.25, 0.3) is 0 Å². The molecule has 0 aromatic carbocycles. The van der Waals surface area contributed by atoms with Crippen LogP contribution in [0.5, 0.6) is 0 Å². The first-order valence-corrected chi connectivity index (χ1v) is 7.33. The van der Waals surface area contributed by atoms with Crippen LogP contribution in [0.3, 0.4) is 0 Å².